The molecule has 1 aromatic heterocycles. The van der Waals surface area contributed by atoms with E-state index in [2.05, 4.69) is 20.8 Å². The number of tetrazole rings is 1. The van der Waals surface area contributed by atoms with Gasteiger partial charge in [-0.15, -0.1) is 5.10 Å². The molecule has 0 bridgehead atoms. The van der Waals surface area contributed by atoms with Crippen molar-refractivity contribution in [3.05, 3.63) is 29.3 Å². The Morgan fingerprint density at radius 3 is 2.85 bits per heavy atom. The third kappa shape index (κ3) is 2.98. The summed E-state index contributed by atoms with van der Waals surface area (Å²) in [6.45, 7) is 5.85. The number of amides is 1. The molecule has 1 atom stereocenters. The van der Waals surface area contributed by atoms with Crippen LogP contribution in [0, 0.1) is 13.8 Å². The highest BCUT2D eigenvalue weighted by Gasteiger charge is 2.18. The van der Waals surface area contributed by atoms with Crippen LogP contribution in [-0.2, 0) is 4.79 Å². The number of rotatable bonds is 4. The summed E-state index contributed by atoms with van der Waals surface area (Å²) in [7, 11) is 1.62. The van der Waals surface area contributed by atoms with Crippen LogP contribution in [0.1, 0.15) is 18.1 Å². The summed E-state index contributed by atoms with van der Waals surface area (Å²) in [5.74, 6) is -0.0504. The first-order valence-electron chi connectivity index (χ1n) is 6.27. The Kier molecular flexibility index (Phi) is 4.39. The molecule has 1 amide bonds. The summed E-state index contributed by atoms with van der Waals surface area (Å²) in [6.07, 6.45) is 0. The van der Waals surface area contributed by atoms with Crippen LogP contribution < -0.4 is 5.32 Å². The second-order valence-corrected chi connectivity index (χ2v) is 5.85. The first-order valence-corrected chi connectivity index (χ1v) is 7.15. The van der Waals surface area contributed by atoms with Gasteiger partial charge >= 0.3 is 0 Å². The Bertz CT molecular complexity index is 625. The topological polar surface area (TPSA) is 72.7 Å². The molecular formula is C13H17N5OS. The van der Waals surface area contributed by atoms with Gasteiger partial charge in [-0.3, -0.25) is 4.79 Å². The van der Waals surface area contributed by atoms with Gasteiger partial charge in [0.15, 0.2) is 0 Å². The SMILES string of the molecule is CNC(=O)C(C)Sc1nnnn1-c1cc(C)ccc1C. The quantitative estimate of drug-likeness (QED) is 0.864. The van der Waals surface area contributed by atoms with E-state index >= 15 is 0 Å². The molecule has 0 spiro atoms. The zero-order valence-electron chi connectivity index (χ0n) is 11.9. The Labute approximate surface area is 121 Å². The van der Waals surface area contributed by atoms with Crippen molar-refractivity contribution in [3.63, 3.8) is 0 Å². The smallest absolute Gasteiger partial charge is 0.233 e. The number of aryl methyl sites for hydroxylation is 2. The maximum atomic E-state index is 11.6. The fourth-order valence-electron chi connectivity index (χ4n) is 1.77. The van der Waals surface area contributed by atoms with Gasteiger partial charge in [-0.2, -0.15) is 4.68 Å². The number of hydrogen-bond donors (Lipinski definition) is 1. The number of carbonyl (C=O) groups is 1. The number of benzene rings is 1. The summed E-state index contributed by atoms with van der Waals surface area (Å²) in [4.78, 5) is 11.6. The van der Waals surface area contributed by atoms with E-state index < -0.39 is 0 Å². The number of nitrogens with zero attached hydrogens (tertiary/aromatic N) is 4. The molecule has 0 radical (unpaired) electrons. The number of aromatic nitrogens is 4. The molecule has 1 heterocycles. The lowest BCUT2D eigenvalue weighted by atomic mass is 10.1. The third-order valence-corrected chi connectivity index (χ3v) is 3.96. The fourth-order valence-corrected chi connectivity index (χ4v) is 2.63. The molecule has 7 heteroatoms. The van der Waals surface area contributed by atoms with Crippen LogP contribution in [0.25, 0.3) is 5.69 Å². The zero-order valence-corrected chi connectivity index (χ0v) is 12.7. The van der Waals surface area contributed by atoms with Gasteiger partial charge in [0.1, 0.15) is 0 Å². The minimum absolute atomic E-state index is 0.0504. The fraction of sp³-hybridized carbons (Fsp3) is 0.385. The minimum atomic E-state index is -0.255. The van der Waals surface area contributed by atoms with E-state index in [0.717, 1.165) is 16.8 Å². The van der Waals surface area contributed by atoms with Crippen molar-refractivity contribution in [2.45, 2.75) is 31.2 Å². The highest BCUT2D eigenvalue weighted by atomic mass is 32.2. The first-order chi connectivity index (χ1) is 9.52. The maximum Gasteiger partial charge on any atom is 0.233 e. The van der Waals surface area contributed by atoms with Gasteiger partial charge in [-0.1, -0.05) is 23.9 Å². The van der Waals surface area contributed by atoms with E-state index in [1.54, 1.807) is 11.7 Å². The molecule has 0 aliphatic heterocycles. The van der Waals surface area contributed by atoms with E-state index in [-0.39, 0.29) is 11.2 Å². The molecule has 6 nitrogen and oxygen atoms in total. The largest absolute Gasteiger partial charge is 0.358 e. The van der Waals surface area contributed by atoms with E-state index in [9.17, 15) is 4.79 Å². The summed E-state index contributed by atoms with van der Waals surface area (Å²) >= 11 is 1.33. The predicted octanol–water partition coefficient (Wildman–Crippen LogP) is 1.51. The van der Waals surface area contributed by atoms with Crippen LogP contribution in [0.4, 0.5) is 0 Å². The van der Waals surface area contributed by atoms with Crippen molar-refractivity contribution in [1.29, 1.82) is 0 Å². The lowest BCUT2D eigenvalue weighted by molar-refractivity contribution is -0.119. The molecule has 0 aliphatic rings. The Balaban J connectivity index is 2.33. The van der Waals surface area contributed by atoms with Gasteiger partial charge < -0.3 is 5.32 Å². The molecule has 0 saturated carbocycles. The highest BCUT2D eigenvalue weighted by molar-refractivity contribution is 8.00. The molecule has 0 aliphatic carbocycles. The van der Waals surface area contributed by atoms with Crippen LogP contribution in [0.5, 0.6) is 0 Å². The van der Waals surface area contributed by atoms with Crippen molar-refractivity contribution in [2.24, 2.45) is 0 Å². The van der Waals surface area contributed by atoms with E-state index in [1.807, 2.05) is 39.0 Å². The van der Waals surface area contributed by atoms with Crippen LogP contribution in [0.2, 0.25) is 0 Å². The highest BCUT2D eigenvalue weighted by Crippen LogP contribution is 2.24. The van der Waals surface area contributed by atoms with Gasteiger partial charge in [0.2, 0.25) is 11.1 Å². The molecule has 1 unspecified atom stereocenters. The van der Waals surface area contributed by atoms with E-state index in [0.29, 0.717) is 5.16 Å². The summed E-state index contributed by atoms with van der Waals surface area (Å²) in [6, 6.07) is 6.10. The summed E-state index contributed by atoms with van der Waals surface area (Å²) in [5.41, 5.74) is 3.15. The Hall–Kier alpha value is -1.89. The maximum absolute atomic E-state index is 11.6. The van der Waals surface area contributed by atoms with Crippen LogP contribution in [0.3, 0.4) is 0 Å². The lowest BCUT2D eigenvalue weighted by Crippen LogP contribution is -2.27. The molecule has 0 saturated heterocycles. The van der Waals surface area contributed by atoms with Gasteiger partial charge in [0.25, 0.3) is 0 Å². The van der Waals surface area contributed by atoms with Crippen molar-refractivity contribution in [1.82, 2.24) is 25.5 Å². The van der Waals surface area contributed by atoms with Gasteiger partial charge in [0, 0.05) is 7.05 Å². The Morgan fingerprint density at radius 1 is 1.40 bits per heavy atom. The summed E-state index contributed by atoms with van der Waals surface area (Å²) < 4.78 is 1.67. The van der Waals surface area contributed by atoms with Crippen molar-refractivity contribution in [3.8, 4) is 5.69 Å². The van der Waals surface area contributed by atoms with E-state index in [4.69, 9.17) is 0 Å². The average molecular weight is 291 g/mol. The monoisotopic (exact) mass is 291 g/mol. The Morgan fingerprint density at radius 2 is 2.15 bits per heavy atom. The van der Waals surface area contributed by atoms with Crippen LogP contribution in [0.15, 0.2) is 23.4 Å². The zero-order chi connectivity index (χ0) is 14.7. The lowest BCUT2D eigenvalue weighted by Gasteiger charge is -2.11. The molecule has 2 rings (SSSR count). The average Bonchev–Trinajstić information content (AvgIpc) is 2.88. The summed E-state index contributed by atoms with van der Waals surface area (Å²) in [5, 5.41) is 14.7. The van der Waals surface area contributed by atoms with Gasteiger partial charge in [0.05, 0.1) is 10.9 Å². The molecule has 106 valence electrons. The van der Waals surface area contributed by atoms with Crippen molar-refractivity contribution in [2.75, 3.05) is 7.05 Å². The van der Waals surface area contributed by atoms with E-state index in [1.165, 1.54) is 11.8 Å². The van der Waals surface area contributed by atoms with Crippen LogP contribution in [-0.4, -0.2) is 38.4 Å². The van der Waals surface area contributed by atoms with Crippen LogP contribution >= 0.6 is 11.8 Å². The number of hydrogen-bond acceptors (Lipinski definition) is 5. The number of thioether (sulfide) groups is 1. The predicted molar refractivity (Wildman–Crippen MR) is 78.0 cm³/mol. The number of nitrogens with one attached hydrogen (secondary N) is 1. The normalized spacial score (nSPS) is 12.2. The second kappa shape index (κ2) is 6.04. The van der Waals surface area contributed by atoms with Crippen molar-refractivity contribution >= 4 is 17.7 Å². The number of carbonyl (C=O) groups excluding carboxylic acids is 1. The molecule has 1 N–H and O–H groups in total. The molecule has 0 fully saturated rings. The van der Waals surface area contributed by atoms with Gasteiger partial charge in [-0.25, -0.2) is 0 Å². The molecular weight excluding hydrogens is 274 g/mol. The second-order valence-electron chi connectivity index (χ2n) is 4.54. The molecule has 20 heavy (non-hydrogen) atoms. The standard InChI is InChI=1S/C13H17N5OS/c1-8-5-6-9(2)11(7-8)18-13(15-16-17-18)20-10(3)12(19)14-4/h5-7,10H,1-4H3,(H,14,19). The first kappa shape index (κ1) is 14.5. The molecule has 2 aromatic rings. The van der Waals surface area contributed by atoms with Crippen molar-refractivity contribution < 1.29 is 4.79 Å². The minimum Gasteiger partial charge on any atom is -0.358 e. The van der Waals surface area contributed by atoms with Gasteiger partial charge in [-0.05, 0) is 48.4 Å². The molecule has 1 aromatic carbocycles. The third-order valence-electron chi connectivity index (χ3n) is 2.93.